The predicted molar refractivity (Wildman–Crippen MR) is 100 cm³/mol. The molecule has 2 aromatic rings. The van der Waals surface area contributed by atoms with Gasteiger partial charge in [-0.3, -0.25) is 14.3 Å². The quantitative estimate of drug-likeness (QED) is 0.863. The Hall–Kier alpha value is -2.34. The molecule has 2 amide bonds. The summed E-state index contributed by atoms with van der Waals surface area (Å²) >= 11 is 6.23. The second-order valence-corrected chi connectivity index (χ2v) is 7.01. The second kappa shape index (κ2) is 7.91. The Labute approximate surface area is 157 Å². The van der Waals surface area contributed by atoms with E-state index in [1.54, 1.807) is 11.6 Å². The third-order valence-electron chi connectivity index (χ3n) is 4.73. The van der Waals surface area contributed by atoms with E-state index in [-0.39, 0.29) is 11.8 Å². The minimum Gasteiger partial charge on any atom is -0.354 e. The van der Waals surface area contributed by atoms with Gasteiger partial charge in [-0.15, -0.1) is 0 Å². The number of nitrogens with one attached hydrogen (secondary N) is 2. The largest absolute Gasteiger partial charge is 0.354 e. The fourth-order valence-electron chi connectivity index (χ4n) is 3.27. The SMILES string of the molecule is Cc1nn(Cc2ccccc2Cl)c(C)c1C(=O)N[C@H]1CCCCNC1=O. The van der Waals surface area contributed by atoms with Crippen LogP contribution in [-0.4, -0.2) is 34.2 Å². The Bertz CT molecular complexity index is 831. The molecule has 26 heavy (non-hydrogen) atoms. The number of carbonyl (C=O) groups excluding carboxylic acids is 2. The Morgan fingerprint density at radius 1 is 1.35 bits per heavy atom. The van der Waals surface area contributed by atoms with Crippen molar-refractivity contribution in [2.75, 3.05) is 6.54 Å². The summed E-state index contributed by atoms with van der Waals surface area (Å²) < 4.78 is 1.78. The van der Waals surface area contributed by atoms with Gasteiger partial charge in [0.2, 0.25) is 5.91 Å². The van der Waals surface area contributed by atoms with Crippen molar-refractivity contribution in [2.45, 2.75) is 45.7 Å². The third kappa shape index (κ3) is 3.90. The van der Waals surface area contributed by atoms with Crippen LogP contribution in [0.1, 0.15) is 46.6 Å². The van der Waals surface area contributed by atoms with Crippen LogP contribution in [0.3, 0.4) is 0 Å². The summed E-state index contributed by atoms with van der Waals surface area (Å²) in [6, 6.07) is 7.08. The fraction of sp³-hybridized carbons (Fsp3) is 0.421. The summed E-state index contributed by atoms with van der Waals surface area (Å²) in [5.74, 6) is -0.373. The van der Waals surface area contributed by atoms with Gasteiger partial charge in [0.15, 0.2) is 0 Å². The molecule has 7 heteroatoms. The first kappa shape index (κ1) is 18.5. The number of nitrogens with zero attached hydrogens (tertiary/aromatic N) is 2. The van der Waals surface area contributed by atoms with Crippen molar-refractivity contribution in [2.24, 2.45) is 0 Å². The van der Waals surface area contributed by atoms with Gasteiger partial charge < -0.3 is 10.6 Å². The first-order valence-corrected chi connectivity index (χ1v) is 9.21. The van der Waals surface area contributed by atoms with Gasteiger partial charge in [-0.1, -0.05) is 29.8 Å². The molecule has 6 nitrogen and oxygen atoms in total. The lowest BCUT2D eigenvalue weighted by Crippen LogP contribution is -2.45. The van der Waals surface area contributed by atoms with Crippen molar-refractivity contribution in [1.82, 2.24) is 20.4 Å². The molecule has 0 radical (unpaired) electrons. The van der Waals surface area contributed by atoms with E-state index in [9.17, 15) is 9.59 Å². The van der Waals surface area contributed by atoms with Crippen LogP contribution in [0.4, 0.5) is 0 Å². The zero-order valence-electron chi connectivity index (χ0n) is 15.0. The maximum absolute atomic E-state index is 12.8. The minimum atomic E-state index is -0.490. The zero-order valence-corrected chi connectivity index (χ0v) is 15.8. The number of hydrogen-bond acceptors (Lipinski definition) is 3. The highest BCUT2D eigenvalue weighted by Gasteiger charge is 2.26. The summed E-state index contributed by atoms with van der Waals surface area (Å²) in [6.45, 7) is 4.82. The highest BCUT2D eigenvalue weighted by molar-refractivity contribution is 6.31. The van der Waals surface area contributed by atoms with Crippen LogP contribution in [0.5, 0.6) is 0 Å². The van der Waals surface area contributed by atoms with E-state index in [0.717, 1.165) is 24.1 Å². The number of halogens is 1. The van der Waals surface area contributed by atoms with Crippen LogP contribution in [0.15, 0.2) is 24.3 Å². The molecule has 1 aromatic carbocycles. The van der Waals surface area contributed by atoms with E-state index in [0.29, 0.717) is 35.8 Å². The maximum atomic E-state index is 12.8. The van der Waals surface area contributed by atoms with Gasteiger partial charge >= 0.3 is 0 Å². The van der Waals surface area contributed by atoms with E-state index in [2.05, 4.69) is 15.7 Å². The standard InChI is InChI=1S/C19H23ClN4O2/c1-12-17(19(26)22-16-9-5-6-10-21-18(16)25)13(2)24(23-12)11-14-7-3-4-8-15(14)20/h3-4,7-8,16H,5-6,9-11H2,1-2H3,(H,21,25)(H,22,26)/t16-/m0/s1. The highest BCUT2D eigenvalue weighted by atomic mass is 35.5. The molecule has 1 aliphatic rings. The van der Waals surface area contributed by atoms with Crippen LogP contribution >= 0.6 is 11.6 Å². The van der Waals surface area contributed by atoms with E-state index >= 15 is 0 Å². The summed E-state index contributed by atoms with van der Waals surface area (Å²) in [5, 5.41) is 10.9. The van der Waals surface area contributed by atoms with Crippen LogP contribution in [0.2, 0.25) is 5.02 Å². The molecule has 1 atom stereocenters. The maximum Gasteiger partial charge on any atom is 0.255 e. The summed E-state index contributed by atoms with van der Waals surface area (Å²) in [6.07, 6.45) is 2.50. The van der Waals surface area contributed by atoms with E-state index in [1.807, 2.05) is 31.2 Å². The van der Waals surface area contributed by atoms with Crippen LogP contribution < -0.4 is 10.6 Å². The minimum absolute atomic E-state index is 0.116. The van der Waals surface area contributed by atoms with Crippen molar-refractivity contribution >= 4 is 23.4 Å². The molecule has 1 fully saturated rings. The second-order valence-electron chi connectivity index (χ2n) is 6.61. The van der Waals surface area contributed by atoms with E-state index < -0.39 is 6.04 Å². The molecule has 3 rings (SSSR count). The predicted octanol–water partition coefficient (Wildman–Crippen LogP) is 2.60. The highest BCUT2D eigenvalue weighted by Crippen LogP contribution is 2.20. The lowest BCUT2D eigenvalue weighted by Gasteiger charge is -2.15. The molecule has 1 aromatic heterocycles. The average molecular weight is 375 g/mol. The molecule has 1 aliphatic heterocycles. The lowest BCUT2D eigenvalue weighted by molar-refractivity contribution is -0.122. The number of aryl methyl sites for hydroxylation is 1. The molecule has 1 saturated heterocycles. The average Bonchev–Trinajstić information content (AvgIpc) is 2.75. The van der Waals surface area contributed by atoms with Gasteiger partial charge in [0.1, 0.15) is 6.04 Å². The Morgan fingerprint density at radius 3 is 2.88 bits per heavy atom. The monoisotopic (exact) mass is 374 g/mol. The molecule has 0 bridgehead atoms. The number of carbonyl (C=O) groups is 2. The first-order chi connectivity index (χ1) is 12.5. The van der Waals surface area contributed by atoms with Crippen molar-refractivity contribution < 1.29 is 9.59 Å². The van der Waals surface area contributed by atoms with Gasteiger partial charge in [-0.2, -0.15) is 5.10 Å². The Balaban J connectivity index is 1.80. The van der Waals surface area contributed by atoms with E-state index in [4.69, 9.17) is 11.6 Å². The molecule has 2 heterocycles. The lowest BCUT2D eigenvalue weighted by atomic mass is 10.1. The number of aromatic nitrogens is 2. The number of hydrogen-bond donors (Lipinski definition) is 2. The van der Waals surface area contributed by atoms with Crippen LogP contribution in [0, 0.1) is 13.8 Å². The normalized spacial score (nSPS) is 17.5. The molecular weight excluding hydrogens is 352 g/mol. The molecule has 0 saturated carbocycles. The first-order valence-electron chi connectivity index (χ1n) is 8.83. The Morgan fingerprint density at radius 2 is 2.12 bits per heavy atom. The molecule has 0 aliphatic carbocycles. The van der Waals surface area contributed by atoms with Gasteiger partial charge in [-0.05, 0) is 44.7 Å². The topological polar surface area (TPSA) is 76.0 Å². The van der Waals surface area contributed by atoms with Crippen molar-refractivity contribution in [3.63, 3.8) is 0 Å². The van der Waals surface area contributed by atoms with Crippen molar-refractivity contribution in [3.8, 4) is 0 Å². The van der Waals surface area contributed by atoms with Crippen LogP contribution in [-0.2, 0) is 11.3 Å². The molecular formula is C19H23ClN4O2. The fourth-order valence-corrected chi connectivity index (χ4v) is 3.47. The summed E-state index contributed by atoms with van der Waals surface area (Å²) in [7, 11) is 0. The van der Waals surface area contributed by atoms with Gasteiger partial charge in [-0.25, -0.2) is 0 Å². The van der Waals surface area contributed by atoms with Crippen LogP contribution in [0.25, 0.3) is 0 Å². The third-order valence-corrected chi connectivity index (χ3v) is 5.10. The number of amides is 2. The summed E-state index contributed by atoms with van der Waals surface area (Å²) in [4.78, 5) is 24.8. The summed E-state index contributed by atoms with van der Waals surface area (Å²) in [5.41, 5.74) is 2.86. The van der Waals surface area contributed by atoms with Gasteiger partial charge in [0.05, 0.1) is 17.8 Å². The number of benzene rings is 1. The number of rotatable bonds is 4. The van der Waals surface area contributed by atoms with Gasteiger partial charge in [0, 0.05) is 17.3 Å². The zero-order chi connectivity index (χ0) is 18.7. The van der Waals surface area contributed by atoms with Crippen molar-refractivity contribution in [3.05, 3.63) is 51.8 Å². The molecule has 138 valence electrons. The van der Waals surface area contributed by atoms with E-state index in [1.165, 1.54) is 0 Å². The smallest absolute Gasteiger partial charge is 0.255 e. The molecule has 0 unspecified atom stereocenters. The Kier molecular flexibility index (Phi) is 5.61. The van der Waals surface area contributed by atoms with Gasteiger partial charge in [0.25, 0.3) is 5.91 Å². The van der Waals surface area contributed by atoms with Crippen molar-refractivity contribution in [1.29, 1.82) is 0 Å². The molecule has 2 N–H and O–H groups in total. The molecule has 0 spiro atoms.